The summed E-state index contributed by atoms with van der Waals surface area (Å²) in [5.41, 5.74) is 0.814. The maximum absolute atomic E-state index is 11.5. The molecule has 3 rings (SSSR count). The topological polar surface area (TPSA) is 105 Å². The summed E-state index contributed by atoms with van der Waals surface area (Å²) in [7, 11) is -1.43. The van der Waals surface area contributed by atoms with Gasteiger partial charge in [-0.2, -0.15) is 10.2 Å². The molecule has 2 aromatic rings. The fourth-order valence-corrected chi connectivity index (χ4v) is 4.12. The molecule has 23 heavy (non-hydrogen) atoms. The number of nitriles is 1. The quantitative estimate of drug-likeness (QED) is 0.909. The van der Waals surface area contributed by atoms with Gasteiger partial charge >= 0.3 is 0 Å². The van der Waals surface area contributed by atoms with Gasteiger partial charge in [0.05, 0.1) is 18.6 Å². The maximum Gasteiger partial charge on any atom is 0.232 e. The van der Waals surface area contributed by atoms with Gasteiger partial charge in [0.25, 0.3) is 0 Å². The molecule has 1 N–H and O–H groups in total. The summed E-state index contributed by atoms with van der Waals surface area (Å²) in [5.74, 6) is 1.39. The van der Waals surface area contributed by atoms with E-state index in [1.54, 1.807) is 31.4 Å². The SMILES string of the molecule is COc1ccc(-c2nc(C#N)c(N[C@@H]3CCS(=O)(=O)C3)o2)cc1. The van der Waals surface area contributed by atoms with Crippen molar-refractivity contribution in [2.45, 2.75) is 12.5 Å². The van der Waals surface area contributed by atoms with Gasteiger partial charge in [-0.3, -0.25) is 0 Å². The van der Waals surface area contributed by atoms with E-state index in [1.165, 1.54) is 0 Å². The molecule has 1 aromatic heterocycles. The van der Waals surface area contributed by atoms with Crippen LogP contribution in [-0.4, -0.2) is 38.1 Å². The molecule has 1 aliphatic heterocycles. The molecule has 0 radical (unpaired) electrons. The molecular formula is C15H15N3O4S. The largest absolute Gasteiger partial charge is 0.497 e. The zero-order chi connectivity index (χ0) is 16.4. The molecule has 0 unspecified atom stereocenters. The van der Waals surface area contributed by atoms with E-state index in [9.17, 15) is 13.7 Å². The number of anilines is 1. The molecule has 7 nitrogen and oxygen atoms in total. The Bertz CT molecular complexity index is 850. The molecule has 120 valence electrons. The summed E-state index contributed by atoms with van der Waals surface area (Å²) in [6, 6.07) is 8.78. The number of rotatable bonds is 4. The van der Waals surface area contributed by atoms with Crippen molar-refractivity contribution in [2.75, 3.05) is 23.9 Å². The number of sulfone groups is 1. The maximum atomic E-state index is 11.5. The van der Waals surface area contributed by atoms with Crippen molar-refractivity contribution in [1.29, 1.82) is 5.26 Å². The second-order valence-corrected chi connectivity index (χ2v) is 7.51. The van der Waals surface area contributed by atoms with Crippen molar-refractivity contribution < 1.29 is 17.6 Å². The third-order valence-electron chi connectivity index (χ3n) is 3.64. The van der Waals surface area contributed by atoms with Crippen LogP contribution in [0.25, 0.3) is 11.5 Å². The van der Waals surface area contributed by atoms with Gasteiger partial charge in [-0.25, -0.2) is 8.42 Å². The lowest BCUT2D eigenvalue weighted by atomic mass is 10.2. The first-order valence-corrected chi connectivity index (χ1v) is 8.85. The number of methoxy groups -OCH3 is 1. The number of nitrogens with one attached hydrogen (secondary N) is 1. The van der Waals surface area contributed by atoms with Crippen molar-refractivity contribution in [3.63, 3.8) is 0 Å². The average molecular weight is 333 g/mol. The van der Waals surface area contributed by atoms with Gasteiger partial charge in [-0.15, -0.1) is 0 Å². The summed E-state index contributed by atoms with van der Waals surface area (Å²) in [5, 5.41) is 12.2. The molecule has 0 amide bonds. The van der Waals surface area contributed by atoms with Gasteiger partial charge in [0.15, 0.2) is 9.84 Å². The van der Waals surface area contributed by atoms with Crippen LogP contribution in [0.15, 0.2) is 28.7 Å². The fraction of sp³-hybridized carbons (Fsp3) is 0.333. The van der Waals surface area contributed by atoms with E-state index >= 15 is 0 Å². The number of aromatic nitrogens is 1. The highest BCUT2D eigenvalue weighted by atomic mass is 32.2. The van der Waals surface area contributed by atoms with E-state index in [2.05, 4.69) is 10.3 Å². The number of hydrogen-bond acceptors (Lipinski definition) is 7. The normalized spacial score (nSPS) is 19.2. The average Bonchev–Trinajstić information content (AvgIpc) is 3.10. The molecule has 1 atom stereocenters. The van der Waals surface area contributed by atoms with Crippen LogP contribution in [0.4, 0.5) is 5.88 Å². The Balaban J connectivity index is 1.84. The van der Waals surface area contributed by atoms with E-state index < -0.39 is 9.84 Å². The summed E-state index contributed by atoms with van der Waals surface area (Å²) >= 11 is 0. The van der Waals surface area contributed by atoms with Crippen LogP contribution >= 0.6 is 0 Å². The first-order valence-electron chi connectivity index (χ1n) is 7.03. The minimum Gasteiger partial charge on any atom is -0.497 e. The van der Waals surface area contributed by atoms with E-state index in [-0.39, 0.29) is 29.1 Å². The lowest BCUT2D eigenvalue weighted by Gasteiger charge is -2.08. The smallest absolute Gasteiger partial charge is 0.232 e. The molecule has 1 fully saturated rings. The van der Waals surface area contributed by atoms with Crippen molar-refractivity contribution in [3.05, 3.63) is 30.0 Å². The van der Waals surface area contributed by atoms with Gasteiger partial charge in [0.2, 0.25) is 17.5 Å². The minimum absolute atomic E-state index is 0.0381. The Labute approximate surface area is 133 Å². The summed E-state index contributed by atoms with van der Waals surface area (Å²) < 4.78 is 33.7. The van der Waals surface area contributed by atoms with Gasteiger partial charge in [-0.1, -0.05) is 0 Å². The first-order chi connectivity index (χ1) is 11.0. The molecule has 0 bridgehead atoms. The van der Waals surface area contributed by atoms with Crippen LogP contribution in [0.2, 0.25) is 0 Å². The second kappa shape index (κ2) is 5.93. The van der Waals surface area contributed by atoms with Crippen LogP contribution in [-0.2, 0) is 9.84 Å². The van der Waals surface area contributed by atoms with Crippen LogP contribution < -0.4 is 10.1 Å². The molecular weight excluding hydrogens is 318 g/mol. The predicted molar refractivity (Wildman–Crippen MR) is 83.9 cm³/mol. The highest BCUT2D eigenvalue weighted by Gasteiger charge is 2.29. The predicted octanol–water partition coefficient (Wildman–Crippen LogP) is 1.82. The first kappa shape index (κ1) is 15.4. The fourth-order valence-electron chi connectivity index (χ4n) is 2.45. The Morgan fingerprint density at radius 2 is 2.13 bits per heavy atom. The van der Waals surface area contributed by atoms with E-state index in [1.807, 2.05) is 6.07 Å². The van der Waals surface area contributed by atoms with Crippen molar-refractivity contribution >= 4 is 15.7 Å². The number of benzene rings is 1. The monoisotopic (exact) mass is 333 g/mol. The summed E-state index contributed by atoms with van der Waals surface area (Å²) in [6.45, 7) is 0. The molecule has 2 heterocycles. The Morgan fingerprint density at radius 3 is 2.70 bits per heavy atom. The minimum atomic E-state index is -3.01. The second-order valence-electron chi connectivity index (χ2n) is 5.28. The molecule has 1 saturated heterocycles. The van der Waals surface area contributed by atoms with Gasteiger partial charge in [0, 0.05) is 11.6 Å². The summed E-state index contributed by atoms with van der Waals surface area (Å²) in [4.78, 5) is 4.15. The Hall–Kier alpha value is -2.53. The molecule has 1 aliphatic rings. The third kappa shape index (κ3) is 3.29. The molecule has 0 saturated carbocycles. The van der Waals surface area contributed by atoms with E-state index in [0.717, 1.165) is 0 Å². The molecule has 0 spiro atoms. The highest BCUT2D eigenvalue weighted by molar-refractivity contribution is 7.91. The van der Waals surface area contributed by atoms with Crippen molar-refractivity contribution in [1.82, 2.24) is 4.98 Å². The number of hydrogen-bond donors (Lipinski definition) is 1. The van der Waals surface area contributed by atoms with E-state index in [0.29, 0.717) is 23.6 Å². The van der Waals surface area contributed by atoms with Crippen LogP contribution in [0.1, 0.15) is 12.1 Å². The molecule has 1 aromatic carbocycles. The van der Waals surface area contributed by atoms with Gasteiger partial charge in [0.1, 0.15) is 11.8 Å². The molecule has 0 aliphatic carbocycles. The van der Waals surface area contributed by atoms with Crippen LogP contribution in [0, 0.1) is 11.3 Å². The summed E-state index contributed by atoms with van der Waals surface area (Å²) in [6.07, 6.45) is 0.492. The standard InChI is InChI=1S/C15H15N3O4S/c1-21-12-4-2-10(3-5-12)14-18-13(8-16)15(22-14)17-11-6-7-23(19,20)9-11/h2-5,11,17H,6-7,9H2,1H3/t11-/m1/s1. The number of oxazole rings is 1. The Kier molecular flexibility index (Phi) is 3.96. The third-order valence-corrected chi connectivity index (χ3v) is 5.41. The zero-order valence-corrected chi connectivity index (χ0v) is 13.3. The number of nitrogens with zero attached hydrogens (tertiary/aromatic N) is 2. The van der Waals surface area contributed by atoms with Crippen LogP contribution in [0.5, 0.6) is 5.75 Å². The lowest BCUT2D eigenvalue weighted by molar-refractivity contribution is 0.415. The van der Waals surface area contributed by atoms with E-state index in [4.69, 9.17) is 9.15 Å². The lowest BCUT2D eigenvalue weighted by Crippen LogP contribution is -2.20. The zero-order valence-electron chi connectivity index (χ0n) is 12.4. The van der Waals surface area contributed by atoms with Gasteiger partial charge < -0.3 is 14.5 Å². The number of ether oxygens (including phenoxy) is 1. The molecule has 8 heteroatoms. The van der Waals surface area contributed by atoms with Crippen molar-refractivity contribution in [2.24, 2.45) is 0 Å². The highest BCUT2D eigenvalue weighted by Crippen LogP contribution is 2.28. The van der Waals surface area contributed by atoms with Gasteiger partial charge in [-0.05, 0) is 30.7 Å². The van der Waals surface area contributed by atoms with Crippen LogP contribution in [0.3, 0.4) is 0 Å². The van der Waals surface area contributed by atoms with Crippen molar-refractivity contribution in [3.8, 4) is 23.3 Å². The Morgan fingerprint density at radius 1 is 1.39 bits per heavy atom.